The van der Waals surface area contributed by atoms with Crippen LogP contribution in [0.5, 0.6) is 0 Å². The lowest BCUT2D eigenvalue weighted by Gasteiger charge is -2.23. The van der Waals surface area contributed by atoms with E-state index in [0.717, 1.165) is 61.8 Å². The number of nitrogens with zero attached hydrogens (tertiary/aromatic N) is 4. The molecule has 156 valence electrons. The number of nitrogens with one attached hydrogen (secondary N) is 2. The lowest BCUT2D eigenvalue weighted by Crippen LogP contribution is -2.28. The first-order chi connectivity index (χ1) is 14.1. The van der Waals surface area contributed by atoms with Crippen LogP contribution in [0.2, 0.25) is 0 Å². The maximum atomic E-state index is 5.44. The van der Waals surface area contributed by atoms with Crippen molar-refractivity contribution in [1.29, 1.82) is 0 Å². The Labute approximate surface area is 173 Å². The van der Waals surface area contributed by atoms with Gasteiger partial charge in [-0.15, -0.1) is 0 Å². The van der Waals surface area contributed by atoms with Crippen molar-refractivity contribution in [2.75, 3.05) is 23.8 Å². The van der Waals surface area contributed by atoms with Gasteiger partial charge in [0.1, 0.15) is 5.52 Å². The number of hydrogen-bond donors (Lipinski definition) is 2. The van der Waals surface area contributed by atoms with Gasteiger partial charge in [-0.05, 0) is 37.8 Å². The Morgan fingerprint density at radius 2 is 2.17 bits per heavy atom. The number of ether oxygens (including phenoxy) is 1. The van der Waals surface area contributed by atoms with Gasteiger partial charge < -0.3 is 15.4 Å². The summed E-state index contributed by atoms with van der Waals surface area (Å²) in [4.78, 5) is 14.1. The largest absolute Gasteiger partial charge is 0.381 e. The smallest absolute Gasteiger partial charge is 0.224 e. The molecule has 1 fully saturated rings. The molecular weight excluding hydrogens is 364 g/mol. The van der Waals surface area contributed by atoms with Crippen LogP contribution in [0.1, 0.15) is 40.0 Å². The molecule has 2 aromatic heterocycles. The standard InChI is InChI=1S/C22H32N6O/c1-5-8-17(9-6-2)25-22-26-19-14-23-21(24-18-10-12-29-13-11-18)27-20(19)28(22)15-16(4)7-3/h5-6,8-9,14,16,18H,1,7,10-13,15H2,2-4H3,(H,25,26)(H,23,24,27)/b9-6-,17-8+. The molecule has 1 atom stereocenters. The number of fused-ring (bicyclic) bond motifs is 1. The van der Waals surface area contributed by atoms with E-state index < -0.39 is 0 Å². The maximum Gasteiger partial charge on any atom is 0.224 e. The number of rotatable bonds is 9. The van der Waals surface area contributed by atoms with E-state index in [0.29, 0.717) is 17.9 Å². The monoisotopic (exact) mass is 396 g/mol. The molecule has 1 unspecified atom stereocenters. The molecule has 0 spiro atoms. The van der Waals surface area contributed by atoms with Gasteiger partial charge in [0.15, 0.2) is 5.65 Å². The quantitative estimate of drug-likeness (QED) is 0.607. The lowest BCUT2D eigenvalue weighted by atomic mass is 10.1. The van der Waals surface area contributed by atoms with E-state index in [1.54, 1.807) is 12.3 Å². The molecule has 3 heterocycles. The predicted molar refractivity (Wildman–Crippen MR) is 119 cm³/mol. The molecule has 7 nitrogen and oxygen atoms in total. The first-order valence-corrected chi connectivity index (χ1v) is 10.4. The van der Waals surface area contributed by atoms with Crippen LogP contribution in [-0.2, 0) is 11.3 Å². The first-order valence-electron chi connectivity index (χ1n) is 10.4. The molecule has 1 aliphatic rings. The molecule has 2 aromatic rings. The van der Waals surface area contributed by atoms with Crippen LogP contribution in [0.15, 0.2) is 42.8 Å². The Balaban J connectivity index is 1.95. The SMILES string of the molecule is C=C/C=C(\C=C/C)Nc1nc2cnc(NC3CCOCC3)nc2n1CC(C)CC. The zero-order chi connectivity index (χ0) is 20.6. The summed E-state index contributed by atoms with van der Waals surface area (Å²) in [6.07, 6.45) is 12.5. The molecule has 29 heavy (non-hydrogen) atoms. The van der Waals surface area contributed by atoms with E-state index in [-0.39, 0.29) is 0 Å². The highest BCUT2D eigenvalue weighted by Crippen LogP contribution is 2.23. The van der Waals surface area contributed by atoms with E-state index >= 15 is 0 Å². The van der Waals surface area contributed by atoms with Crippen molar-refractivity contribution in [1.82, 2.24) is 19.5 Å². The Kier molecular flexibility index (Phi) is 7.41. The fourth-order valence-electron chi connectivity index (χ4n) is 3.30. The van der Waals surface area contributed by atoms with E-state index in [9.17, 15) is 0 Å². The molecule has 1 aliphatic heterocycles. The molecule has 0 aromatic carbocycles. The van der Waals surface area contributed by atoms with Crippen LogP contribution in [0.25, 0.3) is 11.2 Å². The van der Waals surface area contributed by atoms with E-state index in [1.807, 2.05) is 25.2 Å². The average molecular weight is 397 g/mol. The Morgan fingerprint density at radius 3 is 2.86 bits per heavy atom. The van der Waals surface area contributed by atoms with Crippen molar-refractivity contribution in [2.24, 2.45) is 5.92 Å². The summed E-state index contributed by atoms with van der Waals surface area (Å²) in [5, 5.41) is 6.88. The minimum atomic E-state index is 0.349. The summed E-state index contributed by atoms with van der Waals surface area (Å²) in [5.74, 6) is 1.92. The molecule has 0 aliphatic carbocycles. The maximum absolute atomic E-state index is 5.44. The second-order valence-corrected chi connectivity index (χ2v) is 7.48. The minimum absolute atomic E-state index is 0.349. The van der Waals surface area contributed by atoms with Gasteiger partial charge in [-0.1, -0.05) is 39.0 Å². The fraction of sp³-hybridized carbons (Fsp3) is 0.500. The summed E-state index contributed by atoms with van der Waals surface area (Å²) in [6.45, 7) is 12.6. The van der Waals surface area contributed by atoms with Crippen LogP contribution in [0, 0.1) is 5.92 Å². The van der Waals surface area contributed by atoms with Gasteiger partial charge in [0.2, 0.25) is 11.9 Å². The summed E-state index contributed by atoms with van der Waals surface area (Å²) >= 11 is 0. The van der Waals surface area contributed by atoms with Crippen LogP contribution in [0.4, 0.5) is 11.9 Å². The lowest BCUT2D eigenvalue weighted by molar-refractivity contribution is 0.0903. The Bertz CT molecular complexity index is 879. The second-order valence-electron chi connectivity index (χ2n) is 7.48. The zero-order valence-electron chi connectivity index (χ0n) is 17.7. The third-order valence-electron chi connectivity index (χ3n) is 5.13. The van der Waals surface area contributed by atoms with Crippen molar-refractivity contribution in [2.45, 2.75) is 52.6 Å². The highest BCUT2D eigenvalue weighted by Gasteiger charge is 2.18. The molecule has 2 N–H and O–H groups in total. The number of allylic oxidation sites excluding steroid dienone is 4. The molecule has 7 heteroatoms. The van der Waals surface area contributed by atoms with Crippen LogP contribution >= 0.6 is 0 Å². The minimum Gasteiger partial charge on any atom is -0.381 e. The Hall–Kier alpha value is -2.67. The van der Waals surface area contributed by atoms with E-state index in [4.69, 9.17) is 14.7 Å². The van der Waals surface area contributed by atoms with Gasteiger partial charge in [-0.3, -0.25) is 4.57 Å². The third-order valence-corrected chi connectivity index (χ3v) is 5.13. The van der Waals surface area contributed by atoms with E-state index in [2.05, 4.69) is 40.6 Å². The molecule has 0 radical (unpaired) electrons. The summed E-state index contributed by atoms with van der Waals surface area (Å²) in [5.41, 5.74) is 2.55. The summed E-state index contributed by atoms with van der Waals surface area (Å²) in [6, 6.07) is 0.349. The molecule has 0 amide bonds. The van der Waals surface area contributed by atoms with Crippen molar-refractivity contribution >= 4 is 23.1 Å². The van der Waals surface area contributed by atoms with Gasteiger partial charge in [0, 0.05) is 31.5 Å². The number of imidazole rings is 1. The van der Waals surface area contributed by atoms with Crippen molar-refractivity contribution < 1.29 is 4.74 Å². The molecule has 0 bridgehead atoms. The van der Waals surface area contributed by atoms with Crippen molar-refractivity contribution in [3.63, 3.8) is 0 Å². The zero-order valence-corrected chi connectivity index (χ0v) is 17.7. The topological polar surface area (TPSA) is 76.9 Å². The summed E-state index contributed by atoms with van der Waals surface area (Å²) < 4.78 is 7.60. The number of hydrogen-bond acceptors (Lipinski definition) is 6. The van der Waals surface area contributed by atoms with E-state index in [1.165, 1.54) is 0 Å². The normalized spacial score (nSPS) is 17.0. The van der Waals surface area contributed by atoms with Crippen LogP contribution in [0.3, 0.4) is 0 Å². The summed E-state index contributed by atoms with van der Waals surface area (Å²) in [7, 11) is 0. The second kappa shape index (κ2) is 10.2. The van der Waals surface area contributed by atoms with Gasteiger partial charge in [0.25, 0.3) is 0 Å². The molecule has 1 saturated heterocycles. The predicted octanol–water partition coefficient (Wildman–Crippen LogP) is 4.52. The average Bonchev–Trinajstić information content (AvgIpc) is 3.05. The number of anilines is 2. The highest BCUT2D eigenvalue weighted by molar-refractivity contribution is 5.75. The fourth-order valence-corrected chi connectivity index (χ4v) is 3.30. The van der Waals surface area contributed by atoms with Gasteiger partial charge in [-0.2, -0.15) is 4.98 Å². The van der Waals surface area contributed by atoms with Gasteiger partial charge >= 0.3 is 0 Å². The number of aromatic nitrogens is 4. The van der Waals surface area contributed by atoms with Crippen molar-refractivity contribution in [3.05, 3.63) is 42.8 Å². The third kappa shape index (κ3) is 5.44. The Morgan fingerprint density at radius 1 is 1.38 bits per heavy atom. The highest BCUT2D eigenvalue weighted by atomic mass is 16.5. The van der Waals surface area contributed by atoms with Crippen molar-refractivity contribution in [3.8, 4) is 0 Å². The van der Waals surface area contributed by atoms with Gasteiger partial charge in [0.05, 0.1) is 6.20 Å². The van der Waals surface area contributed by atoms with Crippen LogP contribution in [-0.4, -0.2) is 38.8 Å². The molecule has 0 saturated carbocycles. The first kappa shape index (κ1) is 21.0. The molecule has 3 rings (SSSR count). The van der Waals surface area contributed by atoms with Gasteiger partial charge in [-0.25, -0.2) is 9.97 Å². The van der Waals surface area contributed by atoms with Crippen LogP contribution < -0.4 is 10.6 Å². The molecular formula is C22H32N6O.